The van der Waals surface area contributed by atoms with E-state index in [1.165, 1.54) is 0 Å². The smallest absolute Gasteiger partial charge is 0.147 e. The van der Waals surface area contributed by atoms with Crippen molar-refractivity contribution in [1.82, 2.24) is 0 Å². The minimum Gasteiger partial charge on any atom is -0.488 e. The lowest BCUT2D eigenvalue weighted by atomic mass is 10.2. The minimum atomic E-state index is -0.0747. The van der Waals surface area contributed by atoms with Crippen LogP contribution >= 0.6 is 31.9 Å². The molecule has 0 aromatic heterocycles. The van der Waals surface area contributed by atoms with Crippen LogP contribution in [0.5, 0.6) is 5.75 Å². The van der Waals surface area contributed by atoms with Gasteiger partial charge >= 0.3 is 0 Å². The zero-order valence-electron chi connectivity index (χ0n) is 7.72. The van der Waals surface area contributed by atoms with Crippen molar-refractivity contribution in [3.63, 3.8) is 0 Å². The minimum absolute atomic E-state index is 0.0747. The van der Waals surface area contributed by atoms with Crippen LogP contribution in [0.25, 0.3) is 0 Å². The summed E-state index contributed by atoms with van der Waals surface area (Å²) in [5.41, 5.74) is -0.0747. The van der Waals surface area contributed by atoms with E-state index < -0.39 is 0 Å². The lowest BCUT2D eigenvalue weighted by molar-refractivity contribution is 0.201. The fourth-order valence-corrected chi connectivity index (χ4v) is 2.28. The Morgan fingerprint density at radius 3 is 2.50 bits per heavy atom. The first-order valence-corrected chi connectivity index (χ1v) is 5.90. The second-order valence-corrected chi connectivity index (χ2v) is 5.29. The van der Waals surface area contributed by atoms with E-state index >= 15 is 0 Å². The molecular weight excluding hydrogens is 312 g/mol. The Hall–Kier alpha value is -0.0600. The lowest BCUT2D eigenvalue weighted by Gasteiger charge is -2.11. The Balaban J connectivity index is 2.08. The largest absolute Gasteiger partial charge is 0.488 e. The first-order chi connectivity index (χ1) is 6.61. The molecule has 0 bridgehead atoms. The number of hydrogen-bond acceptors (Lipinski definition) is 2. The van der Waals surface area contributed by atoms with Crippen LogP contribution in [0.4, 0.5) is 0 Å². The molecule has 1 saturated heterocycles. The molecule has 1 atom stereocenters. The van der Waals surface area contributed by atoms with Gasteiger partial charge in [-0.05, 0) is 50.9 Å². The van der Waals surface area contributed by atoms with Crippen LogP contribution in [0.1, 0.15) is 6.92 Å². The van der Waals surface area contributed by atoms with Gasteiger partial charge in [0.2, 0.25) is 0 Å². The molecule has 76 valence electrons. The van der Waals surface area contributed by atoms with Crippen LogP contribution in [0.2, 0.25) is 0 Å². The maximum atomic E-state index is 5.68. The summed E-state index contributed by atoms with van der Waals surface area (Å²) >= 11 is 6.88. The summed E-state index contributed by atoms with van der Waals surface area (Å²) in [5.74, 6) is 0.837. The van der Waals surface area contributed by atoms with Crippen LogP contribution in [0.15, 0.2) is 27.1 Å². The van der Waals surface area contributed by atoms with Crippen LogP contribution in [0, 0.1) is 0 Å². The monoisotopic (exact) mass is 320 g/mol. The van der Waals surface area contributed by atoms with Crippen LogP contribution in [0.3, 0.4) is 0 Å². The highest BCUT2D eigenvalue weighted by Gasteiger charge is 2.40. The molecule has 1 unspecified atom stereocenters. The van der Waals surface area contributed by atoms with Crippen LogP contribution in [-0.4, -0.2) is 18.8 Å². The summed E-state index contributed by atoms with van der Waals surface area (Å²) in [6.45, 7) is 3.42. The molecule has 0 amide bonds. The number of epoxide rings is 1. The number of halogens is 2. The van der Waals surface area contributed by atoms with Gasteiger partial charge in [-0.2, -0.15) is 0 Å². The molecule has 1 aliphatic heterocycles. The standard InChI is InChI=1S/C10H10Br2O2/c1-10(6-14-10)5-13-9-7(11)3-2-4-8(9)12/h2-4H,5-6H2,1H3. The van der Waals surface area contributed by atoms with Gasteiger partial charge in [0.05, 0.1) is 15.6 Å². The van der Waals surface area contributed by atoms with Crippen LogP contribution in [-0.2, 0) is 4.74 Å². The van der Waals surface area contributed by atoms with Gasteiger partial charge in [0.15, 0.2) is 0 Å². The topological polar surface area (TPSA) is 21.8 Å². The molecule has 0 spiro atoms. The average molecular weight is 322 g/mol. The van der Waals surface area contributed by atoms with Gasteiger partial charge in [0.25, 0.3) is 0 Å². The van der Waals surface area contributed by atoms with E-state index in [0.717, 1.165) is 21.3 Å². The predicted molar refractivity (Wildman–Crippen MR) is 61.7 cm³/mol. The van der Waals surface area contributed by atoms with Crippen molar-refractivity contribution in [3.8, 4) is 5.75 Å². The van der Waals surface area contributed by atoms with Crippen LogP contribution < -0.4 is 4.74 Å². The third-order valence-corrected chi connectivity index (χ3v) is 3.33. The summed E-state index contributed by atoms with van der Waals surface area (Å²) in [7, 11) is 0. The van der Waals surface area contributed by atoms with E-state index in [1.54, 1.807) is 0 Å². The fraction of sp³-hybridized carbons (Fsp3) is 0.400. The van der Waals surface area contributed by atoms with E-state index in [1.807, 2.05) is 25.1 Å². The molecule has 1 aliphatic rings. The third-order valence-electron chi connectivity index (χ3n) is 2.08. The van der Waals surface area contributed by atoms with E-state index in [9.17, 15) is 0 Å². The second kappa shape index (κ2) is 3.83. The molecule has 2 rings (SSSR count). The highest BCUT2D eigenvalue weighted by atomic mass is 79.9. The van der Waals surface area contributed by atoms with Gasteiger partial charge in [-0.1, -0.05) is 6.07 Å². The zero-order valence-corrected chi connectivity index (χ0v) is 10.9. The first-order valence-electron chi connectivity index (χ1n) is 4.31. The average Bonchev–Trinajstić information content (AvgIpc) is 2.83. The molecule has 1 heterocycles. The number of benzene rings is 1. The Bertz CT molecular complexity index is 328. The molecular formula is C10H10Br2O2. The van der Waals surface area contributed by atoms with Crippen molar-refractivity contribution < 1.29 is 9.47 Å². The SMILES string of the molecule is CC1(COc2c(Br)cccc2Br)CO1. The van der Waals surface area contributed by atoms with E-state index in [0.29, 0.717) is 6.61 Å². The van der Waals surface area contributed by atoms with Crippen molar-refractivity contribution in [1.29, 1.82) is 0 Å². The van der Waals surface area contributed by atoms with Gasteiger partial charge < -0.3 is 9.47 Å². The summed E-state index contributed by atoms with van der Waals surface area (Å²) in [6.07, 6.45) is 0. The maximum Gasteiger partial charge on any atom is 0.147 e. The van der Waals surface area contributed by atoms with Gasteiger partial charge in [0.1, 0.15) is 18.0 Å². The van der Waals surface area contributed by atoms with Gasteiger partial charge in [-0.3, -0.25) is 0 Å². The van der Waals surface area contributed by atoms with Crippen molar-refractivity contribution in [2.75, 3.05) is 13.2 Å². The maximum absolute atomic E-state index is 5.68. The quantitative estimate of drug-likeness (QED) is 0.796. The molecule has 14 heavy (non-hydrogen) atoms. The molecule has 0 N–H and O–H groups in total. The third kappa shape index (κ3) is 2.30. The molecule has 1 aromatic rings. The molecule has 0 aliphatic carbocycles. The second-order valence-electron chi connectivity index (χ2n) is 3.58. The molecule has 0 saturated carbocycles. The van der Waals surface area contributed by atoms with Crippen molar-refractivity contribution in [2.24, 2.45) is 0 Å². The Morgan fingerprint density at radius 2 is 2.00 bits per heavy atom. The summed E-state index contributed by atoms with van der Waals surface area (Å²) in [4.78, 5) is 0. The van der Waals surface area contributed by atoms with E-state index in [2.05, 4.69) is 31.9 Å². The van der Waals surface area contributed by atoms with E-state index in [4.69, 9.17) is 9.47 Å². The highest BCUT2D eigenvalue weighted by Crippen LogP contribution is 2.35. The Kier molecular flexibility index (Phi) is 2.86. The van der Waals surface area contributed by atoms with Gasteiger partial charge in [-0.25, -0.2) is 0 Å². The normalized spacial score (nSPS) is 24.8. The Morgan fingerprint density at radius 1 is 1.43 bits per heavy atom. The number of ether oxygens (including phenoxy) is 2. The number of rotatable bonds is 3. The van der Waals surface area contributed by atoms with Gasteiger partial charge in [0, 0.05) is 0 Å². The van der Waals surface area contributed by atoms with Crippen molar-refractivity contribution >= 4 is 31.9 Å². The van der Waals surface area contributed by atoms with E-state index in [-0.39, 0.29) is 5.60 Å². The Labute approximate surface area is 99.8 Å². The molecule has 4 heteroatoms. The molecule has 1 fully saturated rings. The highest BCUT2D eigenvalue weighted by molar-refractivity contribution is 9.11. The first kappa shape index (κ1) is 10.5. The van der Waals surface area contributed by atoms with Crippen molar-refractivity contribution in [2.45, 2.75) is 12.5 Å². The van der Waals surface area contributed by atoms with Gasteiger partial charge in [-0.15, -0.1) is 0 Å². The summed E-state index contributed by atoms with van der Waals surface area (Å²) < 4.78 is 12.8. The molecule has 1 aromatic carbocycles. The summed E-state index contributed by atoms with van der Waals surface area (Å²) in [5, 5.41) is 0. The van der Waals surface area contributed by atoms with Crippen molar-refractivity contribution in [3.05, 3.63) is 27.1 Å². The lowest BCUT2D eigenvalue weighted by Crippen LogP contribution is -2.17. The predicted octanol–water partition coefficient (Wildman–Crippen LogP) is 3.38. The molecule has 0 radical (unpaired) electrons. The zero-order chi connectivity index (χ0) is 10.2. The summed E-state index contributed by atoms with van der Waals surface area (Å²) in [6, 6.07) is 5.86. The number of para-hydroxylation sites is 1. The number of hydrogen-bond donors (Lipinski definition) is 0. The molecule has 2 nitrogen and oxygen atoms in total. The fourth-order valence-electron chi connectivity index (χ4n) is 1.05.